The molecule has 2 atom stereocenters. The second-order valence-electron chi connectivity index (χ2n) is 4.77. The standard InChI is InChI=1S/C14H18FNO3/c1-10(19-13-7-3-2-6-12(13)15)14(18)16-8-4-5-11(17)9-16/h2-3,6-7,10-11,17H,4-5,8-9H2,1H3. The van der Waals surface area contributed by atoms with Gasteiger partial charge in [0.15, 0.2) is 17.7 Å². The van der Waals surface area contributed by atoms with Crippen molar-refractivity contribution in [1.82, 2.24) is 4.90 Å². The number of carbonyl (C=O) groups excluding carboxylic acids is 1. The summed E-state index contributed by atoms with van der Waals surface area (Å²) in [6.07, 6.45) is 0.256. The number of amides is 1. The maximum atomic E-state index is 13.4. The predicted molar refractivity (Wildman–Crippen MR) is 68.3 cm³/mol. The van der Waals surface area contributed by atoms with Crippen molar-refractivity contribution in [2.45, 2.75) is 32.0 Å². The number of piperidine rings is 1. The molecule has 0 radical (unpaired) electrons. The van der Waals surface area contributed by atoms with Gasteiger partial charge in [0, 0.05) is 13.1 Å². The minimum atomic E-state index is -0.762. The fourth-order valence-corrected chi connectivity index (χ4v) is 2.19. The van der Waals surface area contributed by atoms with Gasteiger partial charge in [-0.2, -0.15) is 0 Å². The van der Waals surface area contributed by atoms with Gasteiger partial charge >= 0.3 is 0 Å². The topological polar surface area (TPSA) is 49.8 Å². The van der Waals surface area contributed by atoms with Crippen molar-refractivity contribution < 1.29 is 19.0 Å². The summed E-state index contributed by atoms with van der Waals surface area (Å²) in [5.41, 5.74) is 0. The van der Waals surface area contributed by atoms with Crippen LogP contribution in [0.25, 0.3) is 0 Å². The Morgan fingerprint density at radius 2 is 2.26 bits per heavy atom. The maximum Gasteiger partial charge on any atom is 0.263 e. The van der Waals surface area contributed by atoms with Crippen LogP contribution in [-0.2, 0) is 4.79 Å². The number of nitrogens with zero attached hydrogens (tertiary/aromatic N) is 1. The highest BCUT2D eigenvalue weighted by Gasteiger charge is 2.27. The van der Waals surface area contributed by atoms with E-state index in [0.717, 1.165) is 6.42 Å². The summed E-state index contributed by atoms with van der Waals surface area (Å²) in [4.78, 5) is 13.7. The summed E-state index contributed by atoms with van der Waals surface area (Å²) in [5.74, 6) is -0.635. The number of rotatable bonds is 3. The number of hydrogen-bond acceptors (Lipinski definition) is 3. The van der Waals surface area contributed by atoms with Crippen LogP contribution in [0.3, 0.4) is 0 Å². The highest BCUT2D eigenvalue weighted by molar-refractivity contribution is 5.81. The Kier molecular flexibility index (Phi) is 4.37. The van der Waals surface area contributed by atoms with Crippen molar-refractivity contribution in [3.63, 3.8) is 0 Å². The van der Waals surface area contributed by atoms with Gasteiger partial charge in [-0.25, -0.2) is 4.39 Å². The zero-order chi connectivity index (χ0) is 13.8. The number of halogens is 1. The van der Waals surface area contributed by atoms with Crippen molar-refractivity contribution >= 4 is 5.91 Å². The summed E-state index contributed by atoms with van der Waals surface area (Å²) in [6.45, 7) is 2.53. The van der Waals surface area contributed by atoms with Crippen molar-refractivity contribution in [1.29, 1.82) is 0 Å². The van der Waals surface area contributed by atoms with E-state index in [0.29, 0.717) is 19.5 Å². The molecule has 4 nitrogen and oxygen atoms in total. The van der Waals surface area contributed by atoms with Crippen molar-refractivity contribution in [2.24, 2.45) is 0 Å². The maximum absolute atomic E-state index is 13.4. The second kappa shape index (κ2) is 6.02. The smallest absolute Gasteiger partial charge is 0.263 e. The van der Waals surface area contributed by atoms with Gasteiger partial charge in [-0.1, -0.05) is 12.1 Å². The average Bonchev–Trinajstić information content (AvgIpc) is 2.40. The van der Waals surface area contributed by atoms with E-state index in [2.05, 4.69) is 0 Å². The molecule has 0 spiro atoms. The first-order chi connectivity index (χ1) is 9.08. The van der Waals surface area contributed by atoms with E-state index in [1.165, 1.54) is 12.1 Å². The molecule has 1 N–H and O–H groups in total. The van der Waals surface area contributed by atoms with Crippen LogP contribution in [0.4, 0.5) is 4.39 Å². The minimum Gasteiger partial charge on any atom is -0.478 e. The lowest BCUT2D eigenvalue weighted by molar-refractivity contribution is -0.141. The lowest BCUT2D eigenvalue weighted by atomic mass is 10.1. The molecule has 1 aliphatic rings. The summed E-state index contributed by atoms with van der Waals surface area (Å²) in [6, 6.07) is 6.00. The van der Waals surface area contributed by atoms with Crippen LogP contribution in [0.1, 0.15) is 19.8 Å². The number of aliphatic hydroxyl groups excluding tert-OH is 1. The molecular formula is C14H18FNO3. The normalized spacial score (nSPS) is 21.0. The number of aliphatic hydroxyl groups is 1. The molecule has 104 valence electrons. The molecule has 19 heavy (non-hydrogen) atoms. The van der Waals surface area contributed by atoms with Crippen LogP contribution >= 0.6 is 0 Å². The number of benzene rings is 1. The monoisotopic (exact) mass is 267 g/mol. The van der Waals surface area contributed by atoms with Gasteiger partial charge in [-0.15, -0.1) is 0 Å². The fourth-order valence-electron chi connectivity index (χ4n) is 2.19. The number of likely N-dealkylation sites (tertiary alicyclic amines) is 1. The first-order valence-electron chi connectivity index (χ1n) is 6.46. The Morgan fingerprint density at radius 1 is 1.53 bits per heavy atom. The van der Waals surface area contributed by atoms with Gasteiger partial charge in [0.25, 0.3) is 5.91 Å². The third-order valence-corrected chi connectivity index (χ3v) is 3.20. The lowest BCUT2D eigenvalue weighted by Crippen LogP contribution is -2.47. The van der Waals surface area contributed by atoms with Crippen molar-refractivity contribution in [2.75, 3.05) is 13.1 Å². The summed E-state index contributed by atoms with van der Waals surface area (Å²) < 4.78 is 18.8. The molecule has 2 rings (SSSR count). The summed E-state index contributed by atoms with van der Waals surface area (Å²) >= 11 is 0. The van der Waals surface area contributed by atoms with E-state index in [9.17, 15) is 14.3 Å². The largest absolute Gasteiger partial charge is 0.478 e. The molecule has 1 heterocycles. The van der Waals surface area contributed by atoms with Crippen LogP contribution < -0.4 is 4.74 Å². The van der Waals surface area contributed by atoms with Gasteiger partial charge in [0.1, 0.15) is 0 Å². The van der Waals surface area contributed by atoms with E-state index >= 15 is 0 Å². The van der Waals surface area contributed by atoms with E-state index in [1.807, 2.05) is 0 Å². The van der Waals surface area contributed by atoms with Crippen molar-refractivity contribution in [3.8, 4) is 5.75 Å². The molecule has 1 fully saturated rings. The molecule has 1 aliphatic heterocycles. The predicted octanol–water partition coefficient (Wildman–Crippen LogP) is 1.58. The van der Waals surface area contributed by atoms with Crippen molar-refractivity contribution in [3.05, 3.63) is 30.1 Å². The zero-order valence-electron chi connectivity index (χ0n) is 10.9. The first kappa shape index (κ1) is 13.8. The third kappa shape index (κ3) is 3.44. The van der Waals surface area contributed by atoms with Crippen LogP contribution in [-0.4, -0.2) is 41.2 Å². The van der Waals surface area contributed by atoms with E-state index in [-0.39, 0.29) is 11.7 Å². The van der Waals surface area contributed by atoms with Crippen LogP contribution in [0.15, 0.2) is 24.3 Å². The van der Waals surface area contributed by atoms with E-state index in [4.69, 9.17) is 4.74 Å². The van der Waals surface area contributed by atoms with Crippen LogP contribution in [0, 0.1) is 5.82 Å². The lowest BCUT2D eigenvalue weighted by Gasteiger charge is -2.32. The Balaban J connectivity index is 1.97. The van der Waals surface area contributed by atoms with Gasteiger partial charge in [-0.05, 0) is 31.9 Å². The molecule has 0 saturated carbocycles. The van der Waals surface area contributed by atoms with Crippen LogP contribution in [0.2, 0.25) is 0 Å². The molecule has 0 aromatic heterocycles. The molecule has 2 unspecified atom stereocenters. The SMILES string of the molecule is CC(Oc1ccccc1F)C(=O)N1CCCC(O)C1. The van der Waals surface area contributed by atoms with E-state index < -0.39 is 18.0 Å². The van der Waals surface area contributed by atoms with Gasteiger partial charge in [0.05, 0.1) is 6.10 Å². The van der Waals surface area contributed by atoms with Gasteiger partial charge in [-0.3, -0.25) is 4.79 Å². The molecular weight excluding hydrogens is 249 g/mol. The van der Waals surface area contributed by atoms with E-state index in [1.54, 1.807) is 24.0 Å². The van der Waals surface area contributed by atoms with Gasteiger partial charge < -0.3 is 14.7 Å². The summed E-state index contributed by atoms with van der Waals surface area (Å²) in [5, 5.41) is 9.55. The number of para-hydroxylation sites is 1. The fraction of sp³-hybridized carbons (Fsp3) is 0.500. The average molecular weight is 267 g/mol. The Morgan fingerprint density at radius 3 is 2.95 bits per heavy atom. The third-order valence-electron chi connectivity index (χ3n) is 3.20. The molecule has 1 aromatic rings. The first-order valence-corrected chi connectivity index (χ1v) is 6.46. The molecule has 0 aliphatic carbocycles. The Bertz CT molecular complexity index is 452. The van der Waals surface area contributed by atoms with Crippen LogP contribution in [0.5, 0.6) is 5.75 Å². The molecule has 1 aromatic carbocycles. The summed E-state index contributed by atoms with van der Waals surface area (Å²) in [7, 11) is 0. The molecule has 1 saturated heterocycles. The molecule has 5 heteroatoms. The molecule has 1 amide bonds. The number of carbonyl (C=O) groups is 1. The number of β-amino-alcohol motifs (C(OH)–C–C–N with tert-alkyl or cyclic N) is 1. The van der Waals surface area contributed by atoms with Gasteiger partial charge in [0.2, 0.25) is 0 Å². The Labute approximate surface area is 111 Å². The Hall–Kier alpha value is -1.62. The quantitative estimate of drug-likeness (QED) is 0.904. The second-order valence-corrected chi connectivity index (χ2v) is 4.77. The zero-order valence-corrected chi connectivity index (χ0v) is 10.9. The highest BCUT2D eigenvalue weighted by atomic mass is 19.1. The molecule has 0 bridgehead atoms. The highest BCUT2D eigenvalue weighted by Crippen LogP contribution is 2.18. The number of ether oxygens (including phenoxy) is 1. The minimum absolute atomic E-state index is 0.0703. The number of hydrogen-bond donors (Lipinski definition) is 1.